The van der Waals surface area contributed by atoms with Crippen LogP contribution in [0.3, 0.4) is 0 Å². The highest BCUT2D eigenvalue weighted by Gasteiger charge is 2.28. The largest absolute Gasteiger partial charge is 0.480 e. The first-order valence-electron chi connectivity index (χ1n) is 6.39. The van der Waals surface area contributed by atoms with E-state index in [4.69, 9.17) is 10.2 Å². The molecule has 0 radical (unpaired) electrons. The van der Waals surface area contributed by atoms with Gasteiger partial charge >= 0.3 is 12.0 Å². The van der Waals surface area contributed by atoms with Crippen molar-refractivity contribution in [3.05, 3.63) is 0 Å². The van der Waals surface area contributed by atoms with Gasteiger partial charge in [0.15, 0.2) is 0 Å². The van der Waals surface area contributed by atoms with Gasteiger partial charge in [-0.1, -0.05) is 20.8 Å². The number of nitrogens with one attached hydrogen (secondary N) is 2. The number of hydrogen-bond donors (Lipinski definition) is 4. The summed E-state index contributed by atoms with van der Waals surface area (Å²) >= 11 is 0. The molecule has 0 bridgehead atoms. The number of aliphatic carboxylic acids is 1. The molecule has 0 unspecified atom stereocenters. The molecule has 6 nitrogen and oxygen atoms in total. The van der Waals surface area contributed by atoms with Crippen LogP contribution in [0.1, 0.15) is 47.5 Å². The number of hydrogen-bond acceptors (Lipinski definition) is 3. The van der Waals surface area contributed by atoms with Gasteiger partial charge in [0.2, 0.25) is 0 Å². The average Bonchev–Trinajstić information content (AvgIpc) is 2.11. The van der Waals surface area contributed by atoms with E-state index in [1.165, 1.54) is 0 Å². The summed E-state index contributed by atoms with van der Waals surface area (Å²) in [4.78, 5) is 22.6. The predicted molar refractivity (Wildman–Crippen MR) is 72.9 cm³/mol. The van der Waals surface area contributed by atoms with E-state index in [1.54, 1.807) is 0 Å². The second-order valence-electron chi connectivity index (χ2n) is 6.62. The van der Waals surface area contributed by atoms with E-state index >= 15 is 0 Å². The summed E-state index contributed by atoms with van der Waals surface area (Å²) in [5, 5.41) is 22.7. The number of rotatable bonds is 6. The minimum Gasteiger partial charge on any atom is -0.480 e. The van der Waals surface area contributed by atoms with Gasteiger partial charge < -0.3 is 20.8 Å². The van der Waals surface area contributed by atoms with Crippen molar-refractivity contribution < 1.29 is 19.8 Å². The van der Waals surface area contributed by atoms with Crippen LogP contribution in [0.15, 0.2) is 0 Å². The molecule has 2 amide bonds. The lowest BCUT2D eigenvalue weighted by molar-refractivity contribution is -0.139. The molecule has 6 heteroatoms. The van der Waals surface area contributed by atoms with Crippen LogP contribution < -0.4 is 10.6 Å². The normalized spacial score (nSPS) is 13.8. The Hall–Kier alpha value is -1.30. The van der Waals surface area contributed by atoms with Crippen LogP contribution in [0.25, 0.3) is 0 Å². The Morgan fingerprint density at radius 3 is 2.05 bits per heavy atom. The Labute approximate surface area is 114 Å². The minimum absolute atomic E-state index is 0.0115. The smallest absolute Gasteiger partial charge is 0.326 e. The van der Waals surface area contributed by atoms with Crippen LogP contribution in [-0.2, 0) is 4.79 Å². The predicted octanol–water partition coefficient (Wildman–Crippen LogP) is 1.34. The molecule has 1 atom stereocenters. The summed E-state index contributed by atoms with van der Waals surface area (Å²) in [6.45, 7) is 9.70. The Kier molecular flexibility index (Phi) is 6.29. The SMILES string of the molecule is CC(C)(C)CC(C)(C)NC(=O)N[C@@H](CCO)C(=O)O. The van der Waals surface area contributed by atoms with Crippen LogP contribution >= 0.6 is 0 Å². The van der Waals surface area contributed by atoms with Gasteiger partial charge in [0.1, 0.15) is 6.04 Å². The maximum absolute atomic E-state index is 11.8. The summed E-state index contributed by atoms with van der Waals surface area (Å²) < 4.78 is 0. The molecule has 0 saturated heterocycles. The summed E-state index contributed by atoms with van der Waals surface area (Å²) in [6, 6.07) is -1.61. The number of carboxylic acid groups (broad SMARTS) is 1. The zero-order chi connectivity index (χ0) is 15.3. The van der Waals surface area contributed by atoms with Crippen molar-refractivity contribution in [1.82, 2.24) is 10.6 Å². The molecule has 0 aliphatic heterocycles. The molecule has 0 aromatic carbocycles. The fourth-order valence-electron chi connectivity index (χ4n) is 2.26. The summed E-state index contributed by atoms with van der Waals surface area (Å²) in [6.07, 6.45) is 0.744. The van der Waals surface area contributed by atoms with Crippen molar-refractivity contribution in [2.24, 2.45) is 5.41 Å². The van der Waals surface area contributed by atoms with Crippen molar-refractivity contribution in [3.63, 3.8) is 0 Å². The number of aliphatic hydroxyl groups excluding tert-OH is 1. The van der Waals surface area contributed by atoms with Crippen molar-refractivity contribution in [3.8, 4) is 0 Å². The van der Waals surface area contributed by atoms with E-state index in [0.29, 0.717) is 0 Å². The van der Waals surface area contributed by atoms with Gasteiger partial charge in [-0.2, -0.15) is 0 Å². The third-order valence-corrected chi connectivity index (χ3v) is 2.45. The average molecular weight is 274 g/mol. The van der Waals surface area contributed by atoms with Gasteiger partial charge in [0, 0.05) is 18.6 Å². The number of aliphatic hydroxyl groups is 1. The van der Waals surface area contributed by atoms with E-state index in [-0.39, 0.29) is 18.4 Å². The van der Waals surface area contributed by atoms with E-state index in [9.17, 15) is 9.59 Å². The van der Waals surface area contributed by atoms with Gasteiger partial charge in [-0.05, 0) is 25.7 Å². The third-order valence-electron chi connectivity index (χ3n) is 2.45. The van der Waals surface area contributed by atoms with Crippen LogP contribution in [0.5, 0.6) is 0 Å². The highest BCUT2D eigenvalue weighted by molar-refractivity contribution is 5.82. The Bertz CT molecular complexity index is 321. The van der Waals surface area contributed by atoms with Crippen LogP contribution in [0.2, 0.25) is 0 Å². The molecule has 0 aliphatic carbocycles. The highest BCUT2D eigenvalue weighted by atomic mass is 16.4. The standard InChI is InChI=1S/C13H26N2O4/c1-12(2,3)8-13(4,5)15-11(19)14-9(6-7-16)10(17)18/h9,16H,6-8H2,1-5H3,(H,17,18)(H2,14,15,19)/t9-/m0/s1. The van der Waals surface area contributed by atoms with Gasteiger partial charge in [0.25, 0.3) is 0 Å². The zero-order valence-corrected chi connectivity index (χ0v) is 12.4. The van der Waals surface area contributed by atoms with Gasteiger partial charge in [-0.15, -0.1) is 0 Å². The molecule has 0 fully saturated rings. The summed E-state index contributed by atoms with van der Waals surface area (Å²) in [7, 11) is 0. The summed E-state index contributed by atoms with van der Waals surface area (Å²) in [5.41, 5.74) is -0.390. The monoisotopic (exact) mass is 274 g/mol. The lowest BCUT2D eigenvalue weighted by atomic mass is 9.82. The Balaban J connectivity index is 4.47. The molecule has 0 rings (SSSR count). The maximum atomic E-state index is 11.8. The minimum atomic E-state index is -1.15. The quantitative estimate of drug-likeness (QED) is 0.587. The molecule has 0 aliphatic rings. The molecule has 0 aromatic heterocycles. The van der Waals surface area contributed by atoms with E-state index in [2.05, 4.69) is 31.4 Å². The molecule has 4 N–H and O–H groups in total. The molecule has 0 saturated carbocycles. The van der Waals surface area contributed by atoms with Crippen molar-refractivity contribution in [2.75, 3.05) is 6.61 Å². The Morgan fingerprint density at radius 1 is 1.16 bits per heavy atom. The van der Waals surface area contributed by atoms with Gasteiger partial charge in [-0.25, -0.2) is 9.59 Å². The van der Waals surface area contributed by atoms with Crippen LogP contribution in [0, 0.1) is 5.41 Å². The maximum Gasteiger partial charge on any atom is 0.326 e. The zero-order valence-electron chi connectivity index (χ0n) is 12.4. The molecular weight excluding hydrogens is 248 g/mol. The third kappa shape index (κ3) is 8.42. The molecular formula is C13H26N2O4. The first-order valence-corrected chi connectivity index (χ1v) is 6.39. The first kappa shape index (κ1) is 17.7. The van der Waals surface area contributed by atoms with Gasteiger partial charge in [0.05, 0.1) is 0 Å². The molecule has 112 valence electrons. The van der Waals surface area contributed by atoms with Crippen molar-refractivity contribution >= 4 is 12.0 Å². The second-order valence-corrected chi connectivity index (χ2v) is 6.62. The lowest BCUT2D eigenvalue weighted by Gasteiger charge is -2.33. The van der Waals surface area contributed by atoms with E-state index in [0.717, 1.165) is 6.42 Å². The molecule has 0 aromatic rings. The fraction of sp³-hybridized carbons (Fsp3) is 0.846. The number of urea groups is 1. The fourth-order valence-corrected chi connectivity index (χ4v) is 2.26. The second kappa shape index (κ2) is 6.75. The Morgan fingerprint density at radius 2 is 1.68 bits per heavy atom. The molecule has 0 spiro atoms. The topological polar surface area (TPSA) is 98.7 Å². The highest BCUT2D eigenvalue weighted by Crippen LogP contribution is 2.26. The van der Waals surface area contributed by atoms with E-state index < -0.39 is 23.6 Å². The van der Waals surface area contributed by atoms with Crippen LogP contribution in [-0.4, -0.2) is 40.4 Å². The number of carboxylic acids is 1. The number of carbonyl (C=O) groups is 2. The van der Waals surface area contributed by atoms with Crippen LogP contribution in [0.4, 0.5) is 4.79 Å². The van der Waals surface area contributed by atoms with Crippen molar-refractivity contribution in [2.45, 2.75) is 59.0 Å². The summed E-state index contributed by atoms with van der Waals surface area (Å²) in [5.74, 6) is -1.15. The number of carbonyl (C=O) groups excluding carboxylic acids is 1. The molecule has 0 heterocycles. The molecule has 19 heavy (non-hydrogen) atoms. The van der Waals surface area contributed by atoms with E-state index in [1.807, 2.05) is 13.8 Å². The van der Waals surface area contributed by atoms with Gasteiger partial charge in [-0.3, -0.25) is 0 Å². The number of amides is 2. The first-order chi connectivity index (χ1) is 8.47. The van der Waals surface area contributed by atoms with Crippen molar-refractivity contribution in [1.29, 1.82) is 0 Å². The lowest BCUT2D eigenvalue weighted by Crippen LogP contribution is -2.53.